The van der Waals surface area contributed by atoms with Crippen molar-refractivity contribution in [3.8, 4) is 11.3 Å². The number of ether oxygens (including phenoxy) is 1. The van der Waals surface area contributed by atoms with E-state index in [4.69, 9.17) is 4.74 Å². The Hall–Kier alpha value is -3.75. The number of rotatable bonds is 9. The van der Waals surface area contributed by atoms with E-state index in [9.17, 15) is 18.0 Å². The van der Waals surface area contributed by atoms with Crippen LogP contribution in [0.2, 0.25) is 0 Å². The fourth-order valence-corrected chi connectivity index (χ4v) is 5.00. The lowest BCUT2D eigenvalue weighted by Crippen LogP contribution is -2.31. The van der Waals surface area contributed by atoms with Crippen molar-refractivity contribution in [3.05, 3.63) is 90.0 Å². The number of carbonyl (C=O) groups is 2. The minimum absolute atomic E-state index is 0.0480. The summed E-state index contributed by atoms with van der Waals surface area (Å²) >= 11 is 0. The van der Waals surface area contributed by atoms with Crippen LogP contribution in [0.1, 0.15) is 22.8 Å². The number of fused-ring (bicyclic) bond motifs is 1. The number of aryl methyl sites for hydroxylation is 2. The van der Waals surface area contributed by atoms with Gasteiger partial charge in [0.05, 0.1) is 16.2 Å². The molecule has 1 heterocycles. The molecule has 1 aromatic heterocycles. The van der Waals surface area contributed by atoms with Crippen LogP contribution in [-0.4, -0.2) is 37.9 Å². The Morgan fingerprint density at radius 3 is 2.26 bits per heavy atom. The predicted molar refractivity (Wildman–Crippen MR) is 135 cm³/mol. The number of hydrogen-bond acceptors (Lipinski definition) is 5. The Morgan fingerprint density at radius 2 is 1.57 bits per heavy atom. The van der Waals surface area contributed by atoms with E-state index in [0.29, 0.717) is 12.1 Å². The minimum Gasteiger partial charge on any atom is -0.456 e. The molecule has 0 atom stereocenters. The molecule has 4 rings (SSSR count). The molecule has 0 spiro atoms. The summed E-state index contributed by atoms with van der Waals surface area (Å²) < 4.78 is 34.3. The molecule has 0 saturated heterocycles. The summed E-state index contributed by atoms with van der Waals surface area (Å²) in [7, 11) is -3.87. The predicted octanol–water partition coefficient (Wildman–Crippen LogP) is 4.34. The van der Waals surface area contributed by atoms with Crippen molar-refractivity contribution in [1.82, 2.24) is 9.29 Å². The van der Waals surface area contributed by atoms with Gasteiger partial charge in [-0.1, -0.05) is 66.2 Å². The number of ketones is 1. The maximum atomic E-state index is 13.3. The van der Waals surface area contributed by atoms with Crippen molar-refractivity contribution in [2.45, 2.75) is 25.3 Å². The van der Waals surface area contributed by atoms with Gasteiger partial charge in [0.2, 0.25) is 15.8 Å². The van der Waals surface area contributed by atoms with Crippen LogP contribution in [-0.2, 0) is 26.1 Å². The zero-order valence-electron chi connectivity index (χ0n) is 19.5. The molecule has 8 heteroatoms. The van der Waals surface area contributed by atoms with E-state index in [-0.39, 0.29) is 10.7 Å². The van der Waals surface area contributed by atoms with Crippen LogP contribution < -0.4 is 4.72 Å². The monoisotopic (exact) mass is 490 g/mol. The summed E-state index contributed by atoms with van der Waals surface area (Å²) in [5.41, 5.74) is 3.94. The van der Waals surface area contributed by atoms with Gasteiger partial charge >= 0.3 is 5.97 Å². The van der Waals surface area contributed by atoms with Gasteiger partial charge in [-0.15, -0.1) is 0 Å². The Kier molecular flexibility index (Phi) is 7.14. The number of hydrogen-bond donors (Lipinski definition) is 1. The Morgan fingerprint density at radius 1 is 0.914 bits per heavy atom. The van der Waals surface area contributed by atoms with Crippen molar-refractivity contribution in [3.63, 3.8) is 0 Å². The first kappa shape index (κ1) is 24.4. The van der Waals surface area contributed by atoms with Gasteiger partial charge in [0.1, 0.15) is 6.54 Å². The second kappa shape index (κ2) is 10.2. The molecule has 35 heavy (non-hydrogen) atoms. The van der Waals surface area contributed by atoms with Crippen LogP contribution in [0.3, 0.4) is 0 Å². The van der Waals surface area contributed by atoms with Crippen molar-refractivity contribution in [2.24, 2.45) is 0 Å². The maximum Gasteiger partial charge on any atom is 0.321 e. The summed E-state index contributed by atoms with van der Waals surface area (Å²) in [4.78, 5) is 25.6. The topological polar surface area (TPSA) is 94.5 Å². The lowest BCUT2D eigenvalue weighted by Gasteiger charge is -2.11. The van der Waals surface area contributed by atoms with E-state index in [0.717, 1.165) is 27.7 Å². The van der Waals surface area contributed by atoms with Crippen LogP contribution in [0.25, 0.3) is 22.2 Å². The van der Waals surface area contributed by atoms with E-state index in [1.54, 1.807) is 12.1 Å². The lowest BCUT2D eigenvalue weighted by molar-refractivity contribution is -0.141. The molecule has 0 bridgehead atoms. The minimum atomic E-state index is -3.87. The van der Waals surface area contributed by atoms with Crippen LogP contribution in [0.4, 0.5) is 0 Å². The van der Waals surface area contributed by atoms with Crippen molar-refractivity contribution in [2.75, 3.05) is 13.2 Å². The van der Waals surface area contributed by atoms with Gasteiger partial charge in [0.25, 0.3) is 0 Å². The molecular formula is C27H26N2O5S. The molecule has 0 saturated carbocycles. The number of sulfonamides is 1. The zero-order chi connectivity index (χ0) is 25.0. The van der Waals surface area contributed by atoms with E-state index in [2.05, 4.69) is 9.29 Å². The second-order valence-electron chi connectivity index (χ2n) is 8.07. The molecule has 0 aliphatic heterocycles. The molecule has 1 N–H and O–H groups in total. The Labute approximate surface area is 204 Å². The van der Waals surface area contributed by atoms with E-state index in [1.807, 2.05) is 68.4 Å². The van der Waals surface area contributed by atoms with E-state index in [1.165, 1.54) is 12.1 Å². The fourth-order valence-electron chi connectivity index (χ4n) is 4.03. The number of nitrogens with zero attached hydrogens (tertiary/aromatic N) is 1. The molecule has 3 aromatic carbocycles. The van der Waals surface area contributed by atoms with E-state index >= 15 is 0 Å². The third kappa shape index (κ3) is 5.18. The first-order chi connectivity index (χ1) is 16.8. The molecular weight excluding hydrogens is 464 g/mol. The first-order valence-electron chi connectivity index (χ1n) is 11.2. The van der Waals surface area contributed by atoms with Crippen molar-refractivity contribution >= 4 is 32.7 Å². The summed E-state index contributed by atoms with van der Waals surface area (Å²) in [6.45, 7) is 3.43. The number of aromatic nitrogens is 1. The van der Waals surface area contributed by atoms with E-state index < -0.39 is 29.1 Å². The third-order valence-corrected chi connectivity index (χ3v) is 7.13. The smallest absolute Gasteiger partial charge is 0.321 e. The number of Topliss-reactive ketones (excluding diaryl/α,β-unsaturated/α-hetero) is 1. The number of nitrogens with one attached hydrogen (secondary N) is 1. The number of esters is 1. The molecule has 0 aliphatic carbocycles. The average Bonchev–Trinajstić information content (AvgIpc) is 3.21. The molecule has 0 amide bonds. The fraction of sp³-hybridized carbons (Fsp3) is 0.185. The van der Waals surface area contributed by atoms with Gasteiger partial charge in [-0.3, -0.25) is 9.59 Å². The van der Waals surface area contributed by atoms with Crippen LogP contribution in [0, 0.1) is 6.92 Å². The molecule has 7 nitrogen and oxygen atoms in total. The average molecular weight is 491 g/mol. The Balaban J connectivity index is 1.52. The largest absolute Gasteiger partial charge is 0.456 e. The maximum absolute atomic E-state index is 13.3. The van der Waals surface area contributed by atoms with Gasteiger partial charge < -0.3 is 9.30 Å². The molecule has 0 unspecified atom stereocenters. The summed E-state index contributed by atoms with van der Waals surface area (Å²) in [5.74, 6) is -1.20. The van der Waals surface area contributed by atoms with Gasteiger partial charge in [-0.2, -0.15) is 4.72 Å². The molecule has 0 aliphatic rings. The molecule has 180 valence electrons. The number of para-hydroxylation sites is 1. The SMILES string of the molecule is CCn1c(-c2ccccc2)c(C(=O)COC(=O)CNS(=O)(=O)c2ccc(C)cc2)c2ccccc21. The summed E-state index contributed by atoms with van der Waals surface area (Å²) in [6, 6.07) is 23.4. The standard InChI is InChI=1S/C27H26N2O5S/c1-3-29-23-12-8-7-11-22(23)26(27(29)20-9-5-4-6-10-20)24(30)18-34-25(31)17-28-35(32,33)21-15-13-19(2)14-16-21/h4-16,28H,3,17-18H2,1-2H3. The molecule has 4 aromatic rings. The van der Waals surface area contributed by atoms with Gasteiger partial charge in [0, 0.05) is 17.4 Å². The van der Waals surface area contributed by atoms with Crippen LogP contribution in [0.15, 0.2) is 83.8 Å². The highest BCUT2D eigenvalue weighted by atomic mass is 32.2. The first-order valence-corrected chi connectivity index (χ1v) is 12.7. The normalized spacial score (nSPS) is 11.5. The number of benzene rings is 3. The Bertz CT molecular complexity index is 1470. The van der Waals surface area contributed by atoms with Crippen molar-refractivity contribution < 1.29 is 22.7 Å². The lowest BCUT2D eigenvalue weighted by atomic mass is 10.0. The second-order valence-corrected chi connectivity index (χ2v) is 9.84. The van der Waals surface area contributed by atoms with Crippen LogP contribution in [0.5, 0.6) is 0 Å². The number of carbonyl (C=O) groups excluding carboxylic acids is 2. The van der Waals surface area contributed by atoms with Crippen molar-refractivity contribution in [1.29, 1.82) is 0 Å². The third-order valence-electron chi connectivity index (χ3n) is 5.72. The molecule has 0 radical (unpaired) electrons. The molecule has 0 fully saturated rings. The quantitative estimate of drug-likeness (QED) is 0.278. The van der Waals surface area contributed by atoms with Gasteiger partial charge in [-0.25, -0.2) is 8.42 Å². The summed E-state index contributed by atoms with van der Waals surface area (Å²) in [6.07, 6.45) is 0. The highest BCUT2D eigenvalue weighted by Crippen LogP contribution is 2.34. The highest BCUT2D eigenvalue weighted by Gasteiger charge is 2.24. The van der Waals surface area contributed by atoms with Crippen LogP contribution >= 0.6 is 0 Å². The van der Waals surface area contributed by atoms with Gasteiger partial charge in [0.15, 0.2) is 6.61 Å². The summed E-state index contributed by atoms with van der Waals surface area (Å²) in [5, 5.41) is 0.773. The van der Waals surface area contributed by atoms with Gasteiger partial charge in [-0.05, 0) is 37.6 Å². The highest BCUT2D eigenvalue weighted by molar-refractivity contribution is 7.89. The zero-order valence-corrected chi connectivity index (χ0v) is 20.3.